The minimum absolute atomic E-state index is 0.221. The smallest absolute Gasteiger partial charge is 0.198 e. The van der Waals surface area contributed by atoms with Crippen LogP contribution >= 0.6 is 11.3 Å². The van der Waals surface area contributed by atoms with Gasteiger partial charge in [-0.1, -0.05) is 18.2 Å². The van der Waals surface area contributed by atoms with Gasteiger partial charge < -0.3 is 4.42 Å². The molecule has 114 valence electrons. The maximum Gasteiger partial charge on any atom is 0.198 e. The van der Waals surface area contributed by atoms with E-state index in [1.165, 1.54) is 12.1 Å². The molecule has 0 aliphatic carbocycles. The van der Waals surface area contributed by atoms with E-state index in [0.717, 1.165) is 22.4 Å². The van der Waals surface area contributed by atoms with Gasteiger partial charge in [0.05, 0.1) is 0 Å². The van der Waals surface area contributed by atoms with Crippen LogP contribution < -0.4 is 0 Å². The molecule has 3 heterocycles. The SMILES string of the molecule is Fc1ccc(CCc2nc3ncc(-c4cccs4)cc3o2)cc1. The van der Waals surface area contributed by atoms with Gasteiger partial charge in [0.2, 0.25) is 0 Å². The predicted molar refractivity (Wildman–Crippen MR) is 88.9 cm³/mol. The third kappa shape index (κ3) is 3.00. The van der Waals surface area contributed by atoms with Crippen LogP contribution in [0, 0.1) is 5.82 Å². The lowest BCUT2D eigenvalue weighted by molar-refractivity contribution is 0.528. The van der Waals surface area contributed by atoms with Crippen molar-refractivity contribution in [2.24, 2.45) is 0 Å². The highest BCUT2D eigenvalue weighted by Crippen LogP contribution is 2.27. The van der Waals surface area contributed by atoms with Gasteiger partial charge in [-0.05, 0) is 41.6 Å². The van der Waals surface area contributed by atoms with Crippen LogP contribution in [0.15, 0.2) is 58.5 Å². The number of benzene rings is 1. The molecule has 0 fully saturated rings. The lowest BCUT2D eigenvalue weighted by Gasteiger charge is -1.98. The molecule has 23 heavy (non-hydrogen) atoms. The number of oxazole rings is 1. The molecular formula is C18H13FN2OS. The number of halogens is 1. The minimum atomic E-state index is -0.221. The zero-order valence-electron chi connectivity index (χ0n) is 12.2. The standard InChI is InChI=1S/C18H13FN2OS/c19-14-6-3-12(4-7-14)5-8-17-21-18-15(22-17)10-13(11-20-18)16-2-1-9-23-16/h1-4,6-7,9-11H,5,8H2. The van der Waals surface area contributed by atoms with Crippen LogP contribution in [0.2, 0.25) is 0 Å². The first-order valence-electron chi connectivity index (χ1n) is 7.32. The summed E-state index contributed by atoms with van der Waals surface area (Å²) in [6.07, 6.45) is 3.24. The summed E-state index contributed by atoms with van der Waals surface area (Å²) in [6.45, 7) is 0. The summed E-state index contributed by atoms with van der Waals surface area (Å²) in [5, 5.41) is 2.04. The minimum Gasteiger partial charge on any atom is -0.439 e. The van der Waals surface area contributed by atoms with E-state index < -0.39 is 0 Å². The van der Waals surface area contributed by atoms with Crippen molar-refractivity contribution in [2.45, 2.75) is 12.8 Å². The normalized spacial score (nSPS) is 11.2. The molecule has 0 saturated heterocycles. The van der Waals surface area contributed by atoms with E-state index in [1.807, 2.05) is 23.7 Å². The van der Waals surface area contributed by atoms with Gasteiger partial charge in [-0.25, -0.2) is 9.37 Å². The third-order valence-electron chi connectivity index (χ3n) is 3.64. The Morgan fingerprint density at radius 1 is 1.09 bits per heavy atom. The molecule has 3 aromatic heterocycles. The molecule has 5 heteroatoms. The molecule has 0 amide bonds. The van der Waals surface area contributed by atoms with Crippen molar-refractivity contribution in [2.75, 3.05) is 0 Å². The second-order valence-electron chi connectivity index (χ2n) is 5.26. The van der Waals surface area contributed by atoms with Crippen molar-refractivity contribution >= 4 is 22.6 Å². The average molecular weight is 324 g/mol. The topological polar surface area (TPSA) is 38.9 Å². The first-order valence-corrected chi connectivity index (χ1v) is 8.20. The Morgan fingerprint density at radius 2 is 1.96 bits per heavy atom. The van der Waals surface area contributed by atoms with E-state index in [-0.39, 0.29) is 5.82 Å². The number of thiophene rings is 1. The van der Waals surface area contributed by atoms with Crippen molar-refractivity contribution in [3.8, 4) is 10.4 Å². The van der Waals surface area contributed by atoms with Gasteiger partial charge in [-0.3, -0.25) is 0 Å². The number of hydrogen-bond donors (Lipinski definition) is 0. The third-order valence-corrected chi connectivity index (χ3v) is 4.56. The number of aromatic nitrogens is 2. The molecule has 4 rings (SSSR count). The molecule has 3 nitrogen and oxygen atoms in total. The lowest BCUT2D eigenvalue weighted by atomic mass is 10.1. The molecular weight excluding hydrogens is 311 g/mol. The van der Waals surface area contributed by atoms with Crippen LogP contribution in [0.5, 0.6) is 0 Å². The van der Waals surface area contributed by atoms with Crippen molar-refractivity contribution in [1.82, 2.24) is 9.97 Å². The van der Waals surface area contributed by atoms with E-state index in [2.05, 4.69) is 16.0 Å². The fraction of sp³-hybridized carbons (Fsp3) is 0.111. The Morgan fingerprint density at radius 3 is 2.74 bits per heavy atom. The molecule has 0 aliphatic heterocycles. The monoisotopic (exact) mass is 324 g/mol. The number of pyridine rings is 1. The summed E-state index contributed by atoms with van der Waals surface area (Å²) < 4.78 is 18.7. The first kappa shape index (κ1) is 14.1. The largest absolute Gasteiger partial charge is 0.439 e. The molecule has 4 aromatic rings. The molecule has 0 spiro atoms. The average Bonchev–Trinajstić information content (AvgIpc) is 3.23. The number of aryl methyl sites for hydroxylation is 2. The van der Waals surface area contributed by atoms with Gasteiger partial charge in [-0.2, -0.15) is 4.98 Å². The summed E-state index contributed by atoms with van der Waals surface area (Å²) >= 11 is 1.67. The van der Waals surface area contributed by atoms with Crippen LogP contribution in [-0.2, 0) is 12.8 Å². The molecule has 0 atom stereocenters. The van der Waals surface area contributed by atoms with Gasteiger partial charge in [0.25, 0.3) is 0 Å². The predicted octanol–water partition coefficient (Wildman–Crippen LogP) is 4.88. The highest BCUT2D eigenvalue weighted by Gasteiger charge is 2.09. The van der Waals surface area contributed by atoms with Gasteiger partial charge in [-0.15, -0.1) is 11.3 Å². The van der Waals surface area contributed by atoms with Crippen LogP contribution in [0.3, 0.4) is 0 Å². The van der Waals surface area contributed by atoms with E-state index >= 15 is 0 Å². The first-order chi connectivity index (χ1) is 11.3. The fourth-order valence-electron chi connectivity index (χ4n) is 2.45. The van der Waals surface area contributed by atoms with E-state index in [4.69, 9.17) is 4.42 Å². The summed E-state index contributed by atoms with van der Waals surface area (Å²) in [5.41, 5.74) is 3.42. The second-order valence-corrected chi connectivity index (χ2v) is 6.20. The Kier molecular flexibility index (Phi) is 3.63. The van der Waals surface area contributed by atoms with Crippen LogP contribution in [0.4, 0.5) is 4.39 Å². The maximum absolute atomic E-state index is 12.9. The molecule has 0 radical (unpaired) electrons. The van der Waals surface area contributed by atoms with Crippen molar-refractivity contribution < 1.29 is 8.81 Å². The lowest BCUT2D eigenvalue weighted by Crippen LogP contribution is -1.91. The van der Waals surface area contributed by atoms with Gasteiger partial charge in [0.15, 0.2) is 17.1 Å². The molecule has 0 aliphatic rings. The summed E-state index contributed by atoms with van der Waals surface area (Å²) in [4.78, 5) is 9.95. The quantitative estimate of drug-likeness (QED) is 0.537. The van der Waals surface area contributed by atoms with E-state index in [1.54, 1.807) is 23.5 Å². The van der Waals surface area contributed by atoms with Gasteiger partial charge in [0, 0.05) is 23.1 Å². The summed E-state index contributed by atoms with van der Waals surface area (Å²) in [5.74, 6) is 0.432. The number of hydrogen-bond acceptors (Lipinski definition) is 4. The highest BCUT2D eigenvalue weighted by molar-refractivity contribution is 7.13. The Labute approximate surface area is 136 Å². The van der Waals surface area contributed by atoms with E-state index in [9.17, 15) is 4.39 Å². The van der Waals surface area contributed by atoms with Crippen LogP contribution in [-0.4, -0.2) is 9.97 Å². The van der Waals surface area contributed by atoms with Gasteiger partial charge >= 0.3 is 0 Å². The number of fused-ring (bicyclic) bond motifs is 1. The molecule has 0 bridgehead atoms. The summed E-state index contributed by atoms with van der Waals surface area (Å²) in [7, 11) is 0. The molecule has 1 aromatic carbocycles. The van der Waals surface area contributed by atoms with Crippen molar-refractivity contribution in [3.05, 3.63) is 71.3 Å². The summed E-state index contributed by atoms with van der Waals surface area (Å²) in [6, 6.07) is 12.5. The Balaban J connectivity index is 1.55. The van der Waals surface area contributed by atoms with Crippen LogP contribution in [0.1, 0.15) is 11.5 Å². The van der Waals surface area contributed by atoms with E-state index in [0.29, 0.717) is 23.5 Å². The maximum atomic E-state index is 12.9. The van der Waals surface area contributed by atoms with Crippen molar-refractivity contribution in [3.63, 3.8) is 0 Å². The van der Waals surface area contributed by atoms with Crippen molar-refractivity contribution in [1.29, 1.82) is 0 Å². The molecule has 0 unspecified atom stereocenters. The zero-order valence-corrected chi connectivity index (χ0v) is 13.0. The van der Waals surface area contributed by atoms with Crippen LogP contribution in [0.25, 0.3) is 21.7 Å². The number of nitrogens with zero attached hydrogens (tertiary/aromatic N) is 2. The highest BCUT2D eigenvalue weighted by atomic mass is 32.1. The Hall–Kier alpha value is -2.53. The number of rotatable bonds is 4. The Bertz CT molecular complexity index is 929. The molecule has 0 N–H and O–H groups in total. The molecule has 0 saturated carbocycles. The van der Waals surface area contributed by atoms with Gasteiger partial charge in [0.1, 0.15) is 5.82 Å². The zero-order chi connectivity index (χ0) is 15.6. The fourth-order valence-corrected chi connectivity index (χ4v) is 3.16. The second kappa shape index (κ2) is 5.93.